The lowest BCUT2D eigenvalue weighted by molar-refractivity contribution is -0.385. The first-order valence-electron chi connectivity index (χ1n) is 5.46. The molecule has 0 radical (unpaired) electrons. The molecular formula is C11H15BrN2O4. The van der Waals surface area contributed by atoms with Crippen molar-refractivity contribution in [3.05, 3.63) is 38.3 Å². The zero-order valence-corrected chi connectivity index (χ0v) is 11.3. The standard InChI is InChI=1S/C11H15BrN2O4/c12-11-9(2-1-3-10(11)14(17)18)8-13(4-6-15)5-7-16/h1-3,15-16H,4-8H2. The van der Waals surface area contributed by atoms with Gasteiger partial charge in [0.1, 0.15) is 0 Å². The Morgan fingerprint density at radius 3 is 2.39 bits per heavy atom. The van der Waals surface area contributed by atoms with E-state index in [1.165, 1.54) is 6.07 Å². The molecule has 0 bridgehead atoms. The van der Waals surface area contributed by atoms with Gasteiger partial charge in [-0.2, -0.15) is 0 Å². The van der Waals surface area contributed by atoms with Gasteiger partial charge in [0, 0.05) is 25.7 Å². The van der Waals surface area contributed by atoms with Crippen molar-refractivity contribution >= 4 is 21.6 Å². The lowest BCUT2D eigenvalue weighted by Gasteiger charge is -2.20. The molecule has 0 unspecified atom stereocenters. The predicted octanol–water partition coefficient (Wildman–Crippen LogP) is 1.14. The highest BCUT2D eigenvalue weighted by Gasteiger charge is 2.16. The van der Waals surface area contributed by atoms with Crippen LogP contribution in [0, 0.1) is 10.1 Å². The number of hydrogen-bond donors (Lipinski definition) is 2. The normalized spacial score (nSPS) is 10.9. The molecule has 0 aliphatic rings. The summed E-state index contributed by atoms with van der Waals surface area (Å²) in [5.74, 6) is 0. The monoisotopic (exact) mass is 318 g/mol. The highest BCUT2D eigenvalue weighted by atomic mass is 79.9. The molecule has 1 rings (SSSR count). The highest BCUT2D eigenvalue weighted by molar-refractivity contribution is 9.10. The number of nitro benzene ring substituents is 1. The number of nitro groups is 1. The second-order valence-corrected chi connectivity index (χ2v) is 4.52. The van der Waals surface area contributed by atoms with Crippen molar-refractivity contribution in [2.45, 2.75) is 6.54 Å². The number of benzene rings is 1. The van der Waals surface area contributed by atoms with Crippen molar-refractivity contribution in [2.75, 3.05) is 26.3 Å². The predicted molar refractivity (Wildman–Crippen MR) is 70.2 cm³/mol. The molecule has 0 saturated heterocycles. The Morgan fingerprint density at radius 1 is 1.28 bits per heavy atom. The van der Waals surface area contributed by atoms with Gasteiger partial charge in [0.15, 0.2) is 0 Å². The third-order valence-electron chi connectivity index (χ3n) is 2.48. The molecule has 0 spiro atoms. The summed E-state index contributed by atoms with van der Waals surface area (Å²) < 4.78 is 0.441. The van der Waals surface area contributed by atoms with E-state index in [0.29, 0.717) is 24.1 Å². The van der Waals surface area contributed by atoms with E-state index in [-0.39, 0.29) is 18.9 Å². The molecule has 0 aliphatic heterocycles. The van der Waals surface area contributed by atoms with Crippen LogP contribution < -0.4 is 0 Å². The van der Waals surface area contributed by atoms with Crippen molar-refractivity contribution < 1.29 is 15.1 Å². The molecule has 0 fully saturated rings. The first-order valence-corrected chi connectivity index (χ1v) is 6.25. The summed E-state index contributed by atoms with van der Waals surface area (Å²) >= 11 is 3.22. The summed E-state index contributed by atoms with van der Waals surface area (Å²) in [6.07, 6.45) is 0. The molecule has 6 nitrogen and oxygen atoms in total. The van der Waals surface area contributed by atoms with Crippen LogP contribution in [0.1, 0.15) is 5.56 Å². The summed E-state index contributed by atoms with van der Waals surface area (Å²) in [4.78, 5) is 12.2. The van der Waals surface area contributed by atoms with Crippen molar-refractivity contribution in [3.63, 3.8) is 0 Å². The molecule has 0 aliphatic carbocycles. The van der Waals surface area contributed by atoms with Gasteiger partial charge in [-0.25, -0.2) is 0 Å². The third-order valence-corrected chi connectivity index (χ3v) is 3.40. The molecule has 1 aromatic carbocycles. The van der Waals surface area contributed by atoms with Gasteiger partial charge in [0.2, 0.25) is 0 Å². The molecule has 1 aromatic rings. The SMILES string of the molecule is O=[N+]([O-])c1cccc(CN(CCO)CCO)c1Br. The van der Waals surface area contributed by atoms with Gasteiger partial charge in [-0.3, -0.25) is 15.0 Å². The number of halogens is 1. The first-order chi connectivity index (χ1) is 8.60. The summed E-state index contributed by atoms with van der Waals surface area (Å²) in [6, 6.07) is 4.82. The molecule has 0 saturated carbocycles. The zero-order valence-electron chi connectivity index (χ0n) is 9.75. The number of nitrogens with zero attached hydrogens (tertiary/aromatic N) is 2. The van der Waals surface area contributed by atoms with Crippen LogP contribution in [0.25, 0.3) is 0 Å². The van der Waals surface area contributed by atoms with Crippen LogP contribution in [-0.4, -0.2) is 46.3 Å². The molecule has 100 valence electrons. The van der Waals surface area contributed by atoms with E-state index in [1.54, 1.807) is 12.1 Å². The number of rotatable bonds is 7. The molecule has 0 heterocycles. The average Bonchev–Trinajstić information content (AvgIpc) is 2.32. The molecule has 18 heavy (non-hydrogen) atoms. The van der Waals surface area contributed by atoms with Gasteiger partial charge >= 0.3 is 0 Å². The average molecular weight is 319 g/mol. The summed E-state index contributed by atoms with van der Waals surface area (Å²) in [7, 11) is 0. The van der Waals surface area contributed by atoms with Crippen LogP contribution in [0.4, 0.5) is 5.69 Å². The fraction of sp³-hybridized carbons (Fsp3) is 0.455. The fourth-order valence-corrected chi connectivity index (χ4v) is 2.16. The first kappa shape index (κ1) is 15.0. The second kappa shape index (κ2) is 7.42. The maximum Gasteiger partial charge on any atom is 0.283 e. The van der Waals surface area contributed by atoms with Crippen molar-refractivity contribution in [1.29, 1.82) is 0 Å². The Balaban J connectivity index is 2.88. The lowest BCUT2D eigenvalue weighted by Crippen LogP contribution is -2.29. The van der Waals surface area contributed by atoms with Gasteiger partial charge in [0.05, 0.1) is 22.6 Å². The number of aliphatic hydroxyl groups excluding tert-OH is 2. The van der Waals surface area contributed by atoms with Crippen LogP contribution in [0.3, 0.4) is 0 Å². The van der Waals surface area contributed by atoms with E-state index in [2.05, 4.69) is 15.9 Å². The minimum Gasteiger partial charge on any atom is -0.395 e. The van der Waals surface area contributed by atoms with Gasteiger partial charge in [-0.15, -0.1) is 0 Å². The third kappa shape index (κ3) is 4.02. The van der Waals surface area contributed by atoms with E-state index in [1.807, 2.05) is 4.90 Å². The quantitative estimate of drug-likeness (QED) is 0.581. The molecule has 0 amide bonds. The van der Waals surface area contributed by atoms with E-state index in [0.717, 1.165) is 5.56 Å². The maximum atomic E-state index is 10.8. The molecular weight excluding hydrogens is 304 g/mol. The van der Waals surface area contributed by atoms with Crippen LogP contribution >= 0.6 is 15.9 Å². The molecule has 0 aromatic heterocycles. The van der Waals surface area contributed by atoms with Crippen LogP contribution in [-0.2, 0) is 6.54 Å². The van der Waals surface area contributed by atoms with Crippen molar-refractivity contribution in [1.82, 2.24) is 4.90 Å². The molecule has 7 heteroatoms. The lowest BCUT2D eigenvalue weighted by atomic mass is 10.2. The molecule has 0 atom stereocenters. The van der Waals surface area contributed by atoms with E-state index >= 15 is 0 Å². The smallest absolute Gasteiger partial charge is 0.283 e. The van der Waals surface area contributed by atoms with E-state index in [9.17, 15) is 10.1 Å². The van der Waals surface area contributed by atoms with Crippen molar-refractivity contribution in [2.24, 2.45) is 0 Å². The Labute approximate surface area is 113 Å². The van der Waals surface area contributed by atoms with Gasteiger partial charge in [-0.05, 0) is 21.5 Å². The van der Waals surface area contributed by atoms with Crippen LogP contribution in [0.5, 0.6) is 0 Å². The topological polar surface area (TPSA) is 86.8 Å². The van der Waals surface area contributed by atoms with Crippen LogP contribution in [0.15, 0.2) is 22.7 Å². The molecule has 2 N–H and O–H groups in total. The second-order valence-electron chi connectivity index (χ2n) is 3.73. The van der Waals surface area contributed by atoms with Gasteiger partial charge in [-0.1, -0.05) is 12.1 Å². The van der Waals surface area contributed by atoms with E-state index < -0.39 is 4.92 Å². The number of hydrogen-bond acceptors (Lipinski definition) is 5. The zero-order chi connectivity index (χ0) is 13.5. The van der Waals surface area contributed by atoms with Gasteiger partial charge < -0.3 is 10.2 Å². The maximum absolute atomic E-state index is 10.8. The Morgan fingerprint density at radius 2 is 1.89 bits per heavy atom. The number of aliphatic hydroxyl groups is 2. The van der Waals surface area contributed by atoms with Crippen molar-refractivity contribution in [3.8, 4) is 0 Å². The Kier molecular flexibility index (Phi) is 6.20. The Bertz CT molecular complexity index is 408. The highest BCUT2D eigenvalue weighted by Crippen LogP contribution is 2.28. The van der Waals surface area contributed by atoms with Gasteiger partial charge in [0.25, 0.3) is 5.69 Å². The minimum absolute atomic E-state index is 0.0143. The van der Waals surface area contributed by atoms with E-state index in [4.69, 9.17) is 10.2 Å². The summed E-state index contributed by atoms with van der Waals surface area (Å²) in [5, 5.41) is 28.6. The van der Waals surface area contributed by atoms with Crippen LogP contribution in [0.2, 0.25) is 0 Å². The largest absolute Gasteiger partial charge is 0.395 e. The minimum atomic E-state index is -0.448. The Hall–Kier alpha value is -1.02. The summed E-state index contributed by atoms with van der Waals surface area (Å²) in [6.45, 7) is 1.22. The fourth-order valence-electron chi connectivity index (χ4n) is 1.62. The summed E-state index contributed by atoms with van der Waals surface area (Å²) in [5.41, 5.74) is 0.770.